The molecule has 1 saturated carbocycles. The Bertz CT molecular complexity index is 157. The van der Waals surface area contributed by atoms with Crippen molar-refractivity contribution in [3.8, 4) is 0 Å². The molecule has 1 rings (SSSR count). The molecule has 0 nitrogen and oxygen atoms in total. The first-order valence-electron chi connectivity index (χ1n) is 5.84. The SMILES string of the molecule is C=C(C)CCCCCC1CCC1C. The molecule has 0 aliphatic heterocycles. The third kappa shape index (κ3) is 3.97. The van der Waals surface area contributed by atoms with Crippen molar-refractivity contribution in [2.75, 3.05) is 0 Å². The zero-order valence-electron chi connectivity index (χ0n) is 9.31. The maximum absolute atomic E-state index is 3.93. The summed E-state index contributed by atoms with van der Waals surface area (Å²) < 4.78 is 0. The van der Waals surface area contributed by atoms with Gasteiger partial charge in [0, 0.05) is 0 Å². The van der Waals surface area contributed by atoms with Gasteiger partial charge in [-0.2, -0.15) is 0 Å². The van der Waals surface area contributed by atoms with E-state index in [1.54, 1.807) is 0 Å². The number of unbranched alkanes of at least 4 members (excludes halogenated alkanes) is 2. The molecule has 0 N–H and O–H groups in total. The van der Waals surface area contributed by atoms with Gasteiger partial charge in [0.15, 0.2) is 0 Å². The average molecular weight is 180 g/mol. The fraction of sp³-hybridized carbons (Fsp3) is 0.846. The van der Waals surface area contributed by atoms with Crippen LogP contribution in [0.2, 0.25) is 0 Å². The Kier molecular flexibility index (Phi) is 4.55. The van der Waals surface area contributed by atoms with Crippen LogP contribution in [0.25, 0.3) is 0 Å². The minimum Gasteiger partial charge on any atom is -0.100 e. The van der Waals surface area contributed by atoms with Crippen molar-refractivity contribution in [3.05, 3.63) is 12.2 Å². The topological polar surface area (TPSA) is 0 Å². The highest BCUT2D eigenvalue weighted by Crippen LogP contribution is 2.37. The standard InChI is InChI=1S/C13H24/c1-11(2)7-5-4-6-8-13-10-9-12(13)3/h12-13H,1,4-10H2,2-3H3. The van der Waals surface area contributed by atoms with Crippen LogP contribution in [0.5, 0.6) is 0 Å². The molecule has 0 heterocycles. The Labute approximate surface area is 83.4 Å². The van der Waals surface area contributed by atoms with Crippen molar-refractivity contribution in [1.82, 2.24) is 0 Å². The molecule has 76 valence electrons. The molecule has 0 aromatic heterocycles. The van der Waals surface area contributed by atoms with Crippen LogP contribution in [0.4, 0.5) is 0 Å². The monoisotopic (exact) mass is 180 g/mol. The lowest BCUT2D eigenvalue weighted by Crippen LogP contribution is -2.22. The van der Waals surface area contributed by atoms with Crippen LogP contribution in [-0.4, -0.2) is 0 Å². The molecule has 0 amide bonds. The number of rotatable bonds is 6. The predicted molar refractivity (Wildman–Crippen MR) is 59.8 cm³/mol. The van der Waals surface area contributed by atoms with Crippen LogP contribution >= 0.6 is 0 Å². The number of hydrogen-bond donors (Lipinski definition) is 0. The van der Waals surface area contributed by atoms with Gasteiger partial charge in [-0.3, -0.25) is 0 Å². The maximum Gasteiger partial charge on any atom is -0.0326 e. The first-order chi connectivity index (χ1) is 6.20. The van der Waals surface area contributed by atoms with Crippen molar-refractivity contribution in [2.45, 2.75) is 58.8 Å². The first kappa shape index (κ1) is 10.8. The van der Waals surface area contributed by atoms with Gasteiger partial charge in [0.2, 0.25) is 0 Å². The van der Waals surface area contributed by atoms with Crippen molar-refractivity contribution in [3.63, 3.8) is 0 Å². The fourth-order valence-electron chi connectivity index (χ4n) is 2.17. The third-order valence-electron chi connectivity index (χ3n) is 3.48. The van der Waals surface area contributed by atoms with Crippen LogP contribution < -0.4 is 0 Å². The lowest BCUT2D eigenvalue weighted by Gasteiger charge is -2.33. The zero-order valence-corrected chi connectivity index (χ0v) is 9.31. The second-order valence-electron chi connectivity index (χ2n) is 4.87. The fourth-order valence-corrected chi connectivity index (χ4v) is 2.17. The van der Waals surface area contributed by atoms with E-state index in [2.05, 4.69) is 20.4 Å². The van der Waals surface area contributed by atoms with Crippen molar-refractivity contribution >= 4 is 0 Å². The molecule has 2 atom stereocenters. The Hall–Kier alpha value is -0.260. The molecule has 0 spiro atoms. The summed E-state index contributed by atoms with van der Waals surface area (Å²) in [7, 11) is 0. The Balaban J connectivity index is 1.86. The highest BCUT2D eigenvalue weighted by Gasteiger charge is 2.25. The molecule has 0 saturated heterocycles. The Morgan fingerprint density at radius 2 is 2.00 bits per heavy atom. The van der Waals surface area contributed by atoms with Gasteiger partial charge in [-0.15, -0.1) is 6.58 Å². The van der Waals surface area contributed by atoms with E-state index in [-0.39, 0.29) is 0 Å². The minimum absolute atomic E-state index is 1.03. The molecular formula is C13H24. The summed E-state index contributed by atoms with van der Waals surface area (Å²) in [5.41, 5.74) is 1.34. The summed E-state index contributed by atoms with van der Waals surface area (Å²) >= 11 is 0. The predicted octanol–water partition coefficient (Wildman–Crippen LogP) is 4.56. The van der Waals surface area contributed by atoms with Crippen molar-refractivity contribution in [2.24, 2.45) is 11.8 Å². The highest BCUT2D eigenvalue weighted by atomic mass is 14.3. The number of hydrogen-bond acceptors (Lipinski definition) is 0. The first-order valence-corrected chi connectivity index (χ1v) is 5.84. The van der Waals surface area contributed by atoms with E-state index < -0.39 is 0 Å². The third-order valence-corrected chi connectivity index (χ3v) is 3.48. The van der Waals surface area contributed by atoms with Gasteiger partial charge in [0.25, 0.3) is 0 Å². The Morgan fingerprint density at radius 3 is 2.46 bits per heavy atom. The molecular weight excluding hydrogens is 156 g/mol. The molecule has 0 bridgehead atoms. The van der Waals surface area contributed by atoms with E-state index in [1.165, 1.54) is 50.5 Å². The van der Waals surface area contributed by atoms with Crippen LogP contribution in [0.3, 0.4) is 0 Å². The quantitative estimate of drug-likeness (QED) is 0.415. The van der Waals surface area contributed by atoms with E-state index in [0.29, 0.717) is 0 Å². The van der Waals surface area contributed by atoms with Crippen LogP contribution in [0, 0.1) is 11.8 Å². The molecule has 0 aromatic rings. The second kappa shape index (κ2) is 5.47. The smallest absolute Gasteiger partial charge is 0.0326 e. The van der Waals surface area contributed by atoms with Crippen LogP contribution in [0.1, 0.15) is 58.8 Å². The van der Waals surface area contributed by atoms with E-state index in [9.17, 15) is 0 Å². The Morgan fingerprint density at radius 1 is 1.23 bits per heavy atom. The summed E-state index contributed by atoms with van der Waals surface area (Å²) in [6, 6.07) is 0. The van der Waals surface area contributed by atoms with E-state index >= 15 is 0 Å². The lowest BCUT2D eigenvalue weighted by atomic mass is 9.72. The van der Waals surface area contributed by atoms with Gasteiger partial charge in [-0.05, 0) is 38.0 Å². The van der Waals surface area contributed by atoms with Gasteiger partial charge >= 0.3 is 0 Å². The molecule has 1 aliphatic carbocycles. The summed E-state index contributed by atoms with van der Waals surface area (Å²) in [5.74, 6) is 2.10. The van der Waals surface area contributed by atoms with Gasteiger partial charge in [-0.25, -0.2) is 0 Å². The molecule has 0 radical (unpaired) electrons. The normalized spacial score (nSPS) is 26.9. The molecule has 0 heteroatoms. The second-order valence-corrected chi connectivity index (χ2v) is 4.87. The summed E-state index contributed by atoms with van der Waals surface area (Å²) in [6.45, 7) is 8.47. The van der Waals surface area contributed by atoms with E-state index in [1.807, 2.05) is 0 Å². The van der Waals surface area contributed by atoms with E-state index in [4.69, 9.17) is 0 Å². The minimum atomic E-state index is 1.03. The summed E-state index contributed by atoms with van der Waals surface area (Å²) in [6.07, 6.45) is 9.92. The van der Waals surface area contributed by atoms with E-state index in [0.717, 1.165) is 11.8 Å². The van der Waals surface area contributed by atoms with Crippen LogP contribution in [-0.2, 0) is 0 Å². The van der Waals surface area contributed by atoms with Gasteiger partial charge in [0.1, 0.15) is 0 Å². The molecule has 0 aromatic carbocycles. The molecule has 1 aliphatic rings. The lowest BCUT2D eigenvalue weighted by molar-refractivity contribution is 0.179. The van der Waals surface area contributed by atoms with Gasteiger partial charge < -0.3 is 0 Å². The van der Waals surface area contributed by atoms with Crippen molar-refractivity contribution in [1.29, 1.82) is 0 Å². The maximum atomic E-state index is 3.93. The van der Waals surface area contributed by atoms with Crippen molar-refractivity contribution < 1.29 is 0 Å². The summed E-state index contributed by atoms with van der Waals surface area (Å²) in [5, 5.41) is 0. The largest absolute Gasteiger partial charge is 0.100 e. The summed E-state index contributed by atoms with van der Waals surface area (Å²) in [4.78, 5) is 0. The molecule has 1 fully saturated rings. The van der Waals surface area contributed by atoms with Gasteiger partial charge in [0.05, 0.1) is 0 Å². The highest BCUT2D eigenvalue weighted by molar-refractivity contribution is 4.87. The average Bonchev–Trinajstić information content (AvgIpc) is 2.08. The van der Waals surface area contributed by atoms with Crippen LogP contribution in [0.15, 0.2) is 12.2 Å². The zero-order chi connectivity index (χ0) is 9.68. The molecule has 13 heavy (non-hydrogen) atoms. The van der Waals surface area contributed by atoms with Gasteiger partial charge in [-0.1, -0.05) is 38.2 Å². The number of allylic oxidation sites excluding steroid dienone is 1. The molecule has 2 unspecified atom stereocenters.